The molecule has 0 aromatic heterocycles. The monoisotopic (exact) mass is 326 g/mol. The SMILES string of the molecule is CC=C(C)C.CCC.CCC.CCCCCC1CCCC(C)C1. The van der Waals surface area contributed by atoms with E-state index in [2.05, 4.69) is 61.5 Å². The van der Waals surface area contributed by atoms with Crippen LogP contribution in [0.2, 0.25) is 0 Å². The molecule has 0 saturated heterocycles. The van der Waals surface area contributed by atoms with Gasteiger partial charge in [-0.3, -0.25) is 0 Å². The average molecular weight is 327 g/mol. The van der Waals surface area contributed by atoms with Gasteiger partial charge in [0.05, 0.1) is 0 Å². The largest absolute Gasteiger partial charge is 0.0890 e. The highest BCUT2D eigenvalue weighted by atomic mass is 14.2. The van der Waals surface area contributed by atoms with E-state index in [-0.39, 0.29) is 0 Å². The first-order valence-electron chi connectivity index (χ1n) is 10.5. The minimum absolute atomic E-state index is 1.02. The van der Waals surface area contributed by atoms with Crippen LogP contribution in [0, 0.1) is 11.8 Å². The average Bonchev–Trinajstić information content (AvgIpc) is 2.50. The Labute approximate surface area is 150 Å². The second-order valence-corrected chi connectivity index (χ2v) is 7.41. The van der Waals surface area contributed by atoms with Crippen molar-refractivity contribution >= 4 is 0 Å². The molecular weight excluding hydrogens is 276 g/mol. The number of hydrogen-bond donors (Lipinski definition) is 0. The van der Waals surface area contributed by atoms with Crippen molar-refractivity contribution in [2.75, 3.05) is 0 Å². The summed E-state index contributed by atoms with van der Waals surface area (Å²) in [5.41, 5.74) is 1.38. The van der Waals surface area contributed by atoms with Crippen molar-refractivity contribution in [3.63, 3.8) is 0 Å². The zero-order valence-electron chi connectivity index (χ0n) is 18.3. The molecule has 0 aromatic rings. The van der Waals surface area contributed by atoms with Crippen LogP contribution in [-0.2, 0) is 0 Å². The van der Waals surface area contributed by atoms with Crippen LogP contribution < -0.4 is 0 Å². The molecule has 2 unspecified atom stereocenters. The van der Waals surface area contributed by atoms with Gasteiger partial charge in [0.25, 0.3) is 0 Å². The van der Waals surface area contributed by atoms with Gasteiger partial charge >= 0.3 is 0 Å². The lowest BCUT2D eigenvalue weighted by Gasteiger charge is -2.26. The fourth-order valence-electron chi connectivity index (χ4n) is 2.50. The lowest BCUT2D eigenvalue weighted by Crippen LogP contribution is -2.12. The molecule has 23 heavy (non-hydrogen) atoms. The zero-order chi connectivity index (χ0) is 18.5. The minimum atomic E-state index is 1.02. The van der Waals surface area contributed by atoms with E-state index in [0.717, 1.165) is 11.8 Å². The molecule has 0 bridgehead atoms. The van der Waals surface area contributed by atoms with Crippen molar-refractivity contribution in [3.8, 4) is 0 Å². The van der Waals surface area contributed by atoms with Gasteiger partial charge in [-0.25, -0.2) is 0 Å². The van der Waals surface area contributed by atoms with E-state index in [1.54, 1.807) is 0 Å². The van der Waals surface area contributed by atoms with Crippen LogP contribution in [0.4, 0.5) is 0 Å². The summed E-state index contributed by atoms with van der Waals surface area (Å²) in [7, 11) is 0. The van der Waals surface area contributed by atoms with Crippen LogP contribution in [0.3, 0.4) is 0 Å². The van der Waals surface area contributed by atoms with Crippen molar-refractivity contribution < 1.29 is 0 Å². The molecule has 0 radical (unpaired) electrons. The Hall–Kier alpha value is -0.260. The van der Waals surface area contributed by atoms with Crippen molar-refractivity contribution in [2.45, 2.75) is 127 Å². The molecular formula is C23H50. The van der Waals surface area contributed by atoms with Crippen molar-refractivity contribution in [2.24, 2.45) is 11.8 Å². The summed E-state index contributed by atoms with van der Waals surface area (Å²) < 4.78 is 0. The van der Waals surface area contributed by atoms with E-state index in [0.29, 0.717) is 0 Å². The maximum Gasteiger partial charge on any atom is -0.0412 e. The van der Waals surface area contributed by atoms with E-state index in [4.69, 9.17) is 0 Å². The Morgan fingerprint density at radius 2 is 1.39 bits per heavy atom. The number of hydrogen-bond acceptors (Lipinski definition) is 0. The van der Waals surface area contributed by atoms with Gasteiger partial charge in [0.2, 0.25) is 0 Å². The Balaban J connectivity index is -0.000000303. The van der Waals surface area contributed by atoms with Gasteiger partial charge in [-0.2, -0.15) is 0 Å². The lowest BCUT2D eigenvalue weighted by atomic mass is 9.80. The van der Waals surface area contributed by atoms with Gasteiger partial charge in [-0.1, -0.05) is 111 Å². The van der Waals surface area contributed by atoms with Gasteiger partial charge in [0.15, 0.2) is 0 Å². The highest BCUT2D eigenvalue weighted by molar-refractivity contribution is 4.88. The summed E-state index contributed by atoms with van der Waals surface area (Å²) in [5.74, 6) is 2.10. The molecule has 0 aliphatic heterocycles. The third-order valence-electron chi connectivity index (χ3n) is 3.84. The minimum Gasteiger partial charge on any atom is -0.0890 e. The quantitative estimate of drug-likeness (QED) is 0.356. The van der Waals surface area contributed by atoms with E-state index in [1.807, 2.05) is 6.92 Å². The van der Waals surface area contributed by atoms with Crippen LogP contribution in [0.5, 0.6) is 0 Å². The molecule has 1 fully saturated rings. The maximum absolute atomic E-state index is 2.42. The van der Waals surface area contributed by atoms with Crippen LogP contribution in [-0.4, -0.2) is 0 Å². The maximum atomic E-state index is 2.42. The van der Waals surface area contributed by atoms with E-state index < -0.39 is 0 Å². The molecule has 142 valence electrons. The molecule has 0 nitrogen and oxygen atoms in total. The molecule has 1 rings (SSSR count). The summed E-state index contributed by atoms with van der Waals surface area (Å²) in [5, 5.41) is 0. The van der Waals surface area contributed by atoms with E-state index in [1.165, 1.54) is 69.8 Å². The highest BCUT2D eigenvalue weighted by Crippen LogP contribution is 2.31. The van der Waals surface area contributed by atoms with Gasteiger partial charge in [0.1, 0.15) is 0 Å². The second kappa shape index (κ2) is 24.0. The second-order valence-electron chi connectivity index (χ2n) is 7.41. The number of allylic oxidation sites excluding steroid dienone is 2. The van der Waals surface area contributed by atoms with Gasteiger partial charge in [0, 0.05) is 0 Å². The summed E-state index contributed by atoms with van der Waals surface area (Å²) in [4.78, 5) is 0. The Morgan fingerprint density at radius 3 is 1.74 bits per heavy atom. The molecule has 0 aromatic carbocycles. The molecule has 1 saturated carbocycles. The van der Waals surface area contributed by atoms with Gasteiger partial charge in [-0.15, -0.1) is 0 Å². The van der Waals surface area contributed by atoms with Crippen molar-refractivity contribution in [1.82, 2.24) is 0 Å². The topological polar surface area (TPSA) is 0 Å². The van der Waals surface area contributed by atoms with Crippen LogP contribution in [0.1, 0.15) is 127 Å². The van der Waals surface area contributed by atoms with Crippen LogP contribution in [0.15, 0.2) is 11.6 Å². The predicted molar refractivity (Wildman–Crippen MR) is 112 cm³/mol. The smallest absolute Gasteiger partial charge is 0.0412 e. The first-order chi connectivity index (χ1) is 10.9. The standard InChI is InChI=1S/C12H24.C5H10.2C3H8/c1-3-4-5-8-12-9-6-7-11(2)10-12;1-4-5(2)3;2*1-3-2/h11-12H,3-10H2,1-2H3;4H,1-3H3;2*3H2,1-2H3. The number of rotatable bonds is 4. The fraction of sp³-hybridized carbons (Fsp3) is 0.913. The Bertz CT molecular complexity index is 208. The molecule has 1 aliphatic carbocycles. The van der Waals surface area contributed by atoms with E-state index in [9.17, 15) is 0 Å². The molecule has 0 heterocycles. The molecule has 0 spiro atoms. The first-order valence-corrected chi connectivity index (χ1v) is 10.5. The first kappa shape index (κ1) is 27.6. The summed E-state index contributed by atoms with van der Waals surface area (Å²) in [6, 6.07) is 0. The Kier molecular flexibility index (Phi) is 28.8. The Morgan fingerprint density at radius 1 is 0.913 bits per heavy atom. The zero-order valence-corrected chi connectivity index (χ0v) is 18.3. The van der Waals surface area contributed by atoms with Crippen LogP contribution >= 0.6 is 0 Å². The predicted octanol–water partition coefficient (Wildman–Crippen LogP) is 9.20. The molecule has 0 amide bonds. The van der Waals surface area contributed by atoms with Crippen LogP contribution in [0.25, 0.3) is 0 Å². The van der Waals surface area contributed by atoms with Crippen molar-refractivity contribution in [3.05, 3.63) is 11.6 Å². The third kappa shape index (κ3) is 30.2. The van der Waals surface area contributed by atoms with E-state index >= 15 is 0 Å². The molecule has 1 aliphatic rings. The van der Waals surface area contributed by atoms with Gasteiger partial charge < -0.3 is 0 Å². The third-order valence-corrected chi connectivity index (χ3v) is 3.84. The number of unbranched alkanes of at least 4 members (excludes halogenated alkanes) is 2. The summed E-state index contributed by atoms with van der Waals surface area (Å²) >= 11 is 0. The normalized spacial score (nSPS) is 19.0. The molecule has 0 heteroatoms. The molecule has 0 N–H and O–H groups in total. The molecule has 2 atom stereocenters. The highest BCUT2D eigenvalue weighted by Gasteiger charge is 2.17. The van der Waals surface area contributed by atoms with Gasteiger partial charge in [-0.05, 0) is 39.0 Å². The summed E-state index contributed by atoms with van der Waals surface area (Å²) in [6.07, 6.45) is 16.4. The fourth-order valence-corrected chi connectivity index (χ4v) is 2.50. The lowest BCUT2D eigenvalue weighted by molar-refractivity contribution is 0.264. The summed E-state index contributed by atoms with van der Waals surface area (Å²) in [6.45, 7) is 19.4. The van der Waals surface area contributed by atoms with Crippen molar-refractivity contribution in [1.29, 1.82) is 0 Å².